The average molecular weight is 232 g/mol. The van der Waals surface area contributed by atoms with Crippen molar-refractivity contribution in [2.24, 2.45) is 5.92 Å². The molecule has 0 saturated carbocycles. The maximum absolute atomic E-state index is 12.0. The Labute approximate surface area is 103 Å². The summed E-state index contributed by atoms with van der Waals surface area (Å²) in [6, 6.07) is 10.2. The largest absolute Gasteiger partial charge is 0.349 e. The molecule has 2 rings (SSSR count). The number of benzene rings is 1. The van der Waals surface area contributed by atoms with Crippen molar-refractivity contribution in [1.82, 2.24) is 10.6 Å². The molecular weight excluding hydrogens is 212 g/mol. The monoisotopic (exact) mass is 232 g/mol. The quantitative estimate of drug-likeness (QED) is 0.835. The van der Waals surface area contributed by atoms with Crippen LogP contribution in [0.15, 0.2) is 30.3 Å². The van der Waals surface area contributed by atoms with Gasteiger partial charge in [0, 0.05) is 5.92 Å². The zero-order chi connectivity index (χ0) is 12.1. The van der Waals surface area contributed by atoms with Gasteiger partial charge in [0.2, 0.25) is 5.91 Å². The minimum Gasteiger partial charge on any atom is -0.349 e. The summed E-state index contributed by atoms with van der Waals surface area (Å²) >= 11 is 0. The zero-order valence-electron chi connectivity index (χ0n) is 10.3. The van der Waals surface area contributed by atoms with Crippen molar-refractivity contribution in [1.29, 1.82) is 0 Å². The lowest BCUT2D eigenvalue weighted by Gasteiger charge is -2.24. The minimum atomic E-state index is 0.0959. The van der Waals surface area contributed by atoms with E-state index >= 15 is 0 Å². The van der Waals surface area contributed by atoms with Crippen molar-refractivity contribution in [3.05, 3.63) is 35.9 Å². The van der Waals surface area contributed by atoms with Gasteiger partial charge in [-0.2, -0.15) is 0 Å². The molecule has 1 atom stereocenters. The Morgan fingerprint density at radius 2 is 1.94 bits per heavy atom. The van der Waals surface area contributed by atoms with Gasteiger partial charge in [-0.3, -0.25) is 4.79 Å². The summed E-state index contributed by atoms with van der Waals surface area (Å²) in [6.07, 6.45) is 1.90. The van der Waals surface area contributed by atoms with E-state index in [2.05, 4.69) is 10.6 Å². The minimum absolute atomic E-state index is 0.0959. The Hall–Kier alpha value is -1.35. The van der Waals surface area contributed by atoms with Crippen LogP contribution in [0.25, 0.3) is 0 Å². The van der Waals surface area contributed by atoms with E-state index in [1.165, 1.54) is 0 Å². The Morgan fingerprint density at radius 3 is 2.59 bits per heavy atom. The lowest BCUT2D eigenvalue weighted by atomic mass is 9.96. The lowest BCUT2D eigenvalue weighted by Crippen LogP contribution is -2.39. The third-order valence-corrected chi connectivity index (χ3v) is 3.37. The summed E-state index contributed by atoms with van der Waals surface area (Å²) in [4.78, 5) is 12.0. The average Bonchev–Trinajstić information content (AvgIpc) is 2.40. The van der Waals surface area contributed by atoms with E-state index in [1.54, 1.807) is 0 Å². The predicted molar refractivity (Wildman–Crippen MR) is 68.6 cm³/mol. The lowest BCUT2D eigenvalue weighted by molar-refractivity contribution is -0.126. The van der Waals surface area contributed by atoms with Gasteiger partial charge in [-0.1, -0.05) is 30.3 Å². The molecule has 1 amide bonds. The van der Waals surface area contributed by atoms with E-state index in [0.717, 1.165) is 31.5 Å². The highest BCUT2D eigenvalue weighted by molar-refractivity contribution is 5.79. The van der Waals surface area contributed by atoms with Gasteiger partial charge in [0.05, 0.1) is 6.04 Å². The van der Waals surface area contributed by atoms with Crippen LogP contribution >= 0.6 is 0 Å². The fourth-order valence-corrected chi connectivity index (χ4v) is 2.24. The smallest absolute Gasteiger partial charge is 0.223 e. The van der Waals surface area contributed by atoms with Gasteiger partial charge in [-0.05, 0) is 38.4 Å². The summed E-state index contributed by atoms with van der Waals surface area (Å²) < 4.78 is 0. The Bertz CT molecular complexity index is 358. The standard InChI is InChI=1S/C14H20N2O/c1-11(12-5-3-2-4-6-12)16-14(17)13-7-9-15-10-8-13/h2-6,11,13,15H,7-10H2,1H3,(H,16,17). The molecule has 3 nitrogen and oxygen atoms in total. The Kier molecular flexibility index (Phi) is 4.15. The van der Waals surface area contributed by atoms with Crippen molar-refractivity contribution in [2.75, 3.05) is 13.1 Å². The van der Waals surface area contributed by atoms with Crippen LogP contribution in [0.4, 0.5) is 0 Å². The second-order valence-electron chi connectivity index (χ2n) is 4.67. The van der Waals surface area contributed by atoms with Crippen molar-refractivity contribution < 1.29 is 4.79 Å². The molecule has 0 radical (unpaired) electrons. The van der Waals surface area contributed by atoms with E-state index in [1.807, 2.05) is 37.3 Å². The van der Waals surface area contributed by atoms with E-state index in [9.17, 15) is 4.79 Å². The summed E-state index contributed by atoms with van der Waals surface area (Å²) in [5, 5.41) is 6.37. The van der Waals surface area contributed by atoms with Crippen LogP contribution in [0.1, 0.15) is 31.4 Å². The number of amides is 1. The Balaban J connectivity index is 1.89. The molecule has 1 saturated heterocycles. The second kappa shape index (κ2) is 5.82. The molecular formula is C14H20N2O. The molecule has 17 heavy (non-hydrogen) atoms. The Morgan fingerprint density at radius 1 is 1.29 bits per heavy atom. The number of hydrogen-bond donors (Lipinski definition) is 2. The first kappa shape index (κ1) is 12.1. The molecule has 2 N–H and O–H groups in total. The first-order valence-electron chi connectivity index (χ1n) is 6.33. The molecule has 0 spiro atoms. The number of hydrogen-bond acceptors (Lipinski definition) is 2. The van der Waals surface area contributed by atoms with Crippen LogP contribution in [-0.4, -0.2) is 19.0 Å². The van der Waals surface area contributed by atoms with Crippen LogP contribution in [0.5, 0.6) is 0 Å². The summed E-state index contributed by atoms with van der Waals surface area (Å²) in [7, 11) is 0. The van der Waals surface area contributed by atoms with Crippen LogP contribution in [0, 0.1) is 5.92 Å². The maximum atomic E-state index is 12.0. The van der Waals surface area contributed by atoms with E-state index in [-0.39, 0.29) is 17.9 Å². The highest BCUT2D eigenvalue weighted by Gasteiger charge is 2.22. The molecule has 92 valence electrons. The van der Waals surface area contributed by atoms with Crippen molar-refractivity contribution in [3.63, 3.8) is 0 Å². The molecule has 1 unspecified atom stereocenters. The molecule has 1 aromatic carbocycles. The van der Waals surface area contributed by atoms with Gasteiger partial charge < -0.3 is 10.6 Å². The van der Waals surface area contributed by atoms with Gasteiger partial charge in [0.15, 0.2) is 0 Å². The topological polar surface area (TPSA) is 41.1 Å². The molecule has 0 aliphatic carbocycles. The number of carbonyl (C=O) groups excluding carboxylic acids is 1. The summed E-state index contributed by atoms with van der Waals surface area (Å²) in [6.45, 7) is 3.95. The number of rotatable bonds is 3. The molecule has 1 aliphatic rings. The third kappa shape index (κ3) is 3.30. The van der Waals surface area contributed by atoms with E-state index in [4.69, 9.17) is 0 Å². The van der Waals surface area contributed by atoms with Crippen LogP contribution < -0.4 is 10.6 Å². The molecule has 1 aliphatic heterocycles. The van der Waals surface area contributed by atoms with Gasteiger partial charge in [0.1, 0.15) is 0 Å². The zero-order valence-corrected chi connectivity index (χ0v) is 10.3. The molecule has 0 bridgehead atoms. The molecule has 1 heterocycles. The van der Waals surface area contributed by atoms with E-state index in [0.29, 0.717) is 0 Å². The van der Waals surface area contributed by atoms with Crippen molar-refractivity contribution in [3.8, 4) is 0 Å². The SMILES string of the molecule is CC(NC(=O)C1CCNCC1)c1ccccc1. The van der Waals surface area contributed by atoms with E-state index < -0.39 is 0 Å². The third-order valence-electron chi connectivity index (χ3n) is 3.37. The van der Waals surface area contributed by atoms with Gasteiger partial charge in [-0.15, -0.1) is 0 Å². The fraction of sp³-hybridized carbons (Fsp3) is 0.500. The molecule has 1 fully saturated rings. The predicted octanol–water partition coefficient (Wildman–Crippen LogP) is 1.86. The number of carbonyl (C=O) groups is 1. The normalized spacial score (nSPS) is 18.6. The van der Waals surface area contributed by atoms with Gasteiger partial charge >= 0.3 is 0 Å². The van der Waals surface area contributed by atoms with Crippen LogP contribution in [-0.2, 0) is 4.79 Å². The van der Waals surface area contributed by atoms with Crippen LogP contribution in [0.2, 0.25) is 0 Å². The van der Waals surface area contributed by atoms with Crippen LogP contribution in [0.3, 0.4) is 0 Å². The highest BCUT2D eigenvalue weighted by Crippen LogP contribution is 2.16. The maximum Gasteiger partial charge on any atom is 0.223 e. The van der Waals surface area contributed by atoms with Crippen molar-refractivity contribution in [2.45, 2.75) is 25.8 Å². The summed E-state index contributed by atoms with van der Waals surface area (Å²) in [5.74, 6) is 0.380. The molecule has 3 heteroatoms. The number of nitrogens with one attached hydrogen (secondary N) is 2. The van der Waals surface area contributed by atoms with Gasteiger partial charge in [0.25, 0.3) is 0 Å². The second-order valence-corrected chi connectivity index (χ2v) is 4.67. The first-order valence-corrected chi connectivity index (χ1v) is 6.33. The first-order chi connectivity index (χ1) is 8.27. The molecule has 1 aromatic rings. The summed E-state index contributed by atoms with van der Waals surface area (Å²) in [5.41, 5.74) is 1.16. The molecule has 0 aromatic heterocycles. The number of piperidine rings is 1. The highest BCUT2D eigenvalue weighted by atomic mass is 16.1. The van der Waals surface area contributed by atoms with Crippen molar-refractivity contribution >= 4 is 5.91 Å². The van der Waals surface area contributed by atoms with Gasteiger partial charge in [-0.25, -0.2) is 0 Å². The fourth-order valence-electron chi connectivity index (χ4n) is 2.24.